The Hall–Kier alpha value is -4.45. The van der Waals surface area contributed by atoms with E-state index >= 15 is 0 Å². The van der Waals surface area contributed by atoms with Gasteiger partial charge in [0.1, 0.15) is 5.76 Å². The molecule has 0 aliphatic carbocycles. The van der Waals surface area contributed by atoms with Gasteiger partial charge in [-0.05, 0) is 42.0 Å². The molecule has 1 aliphatic rings. The molecule has 0 spiro atoms. The molecule has 5 rings (SSSR count). The lowest BCUT2D eigenvalue weighted by Gasteiger charge is -2.18. The van der Waals surface area contributed by atoms with Crippen LogP contribution < -0.4 is 10.2 Å². The molecule has 4 aromatic rings. The number of fused-ring (bicyclic) bond motifs is 1. The van der Waals surface area contributed by atoms with Crippen molar-refractivity contribution in [1.82, 2.24) is 5.32 Å². The van der Waals surface area contributed by atoms with Crippen LogP contribution in [0.5, 0.6) is 0 Å². The van der Waals surface area contributed by atoms with Crippen LogP contribution >= 0.6 is 0 Å². The first-order valence-electron chi connectivity index (χ1n) is 10.1. The Morgan fingerprint density at radius 2 is 1.53 bits per heavy atom. The number of para-hydroxylation sites is 1. The standard InChI is InChI=1S/C26H18N2O4/c29-24(27-16-19-9-6-14-32-19)18-12-13-21-22(15-18)26(31)28(25(21)30)23-11-5-4-10-20(23)17-7-2-1-3-8-17/h1-15H,16H2,(H,27,29). The number of carbonyl (C=O) groups is 3. The van der Waals surface area contributed by atoms with Gasteiger partial charge in [0.15, 0.2) is 0 Å². The molecule has 0 unspecified atom stereocenters. The van der Waals surface area contributed by atoms with E-state index in [9.17, 15) is 14.4 Å². The third kappa shape index (κ3) is 3.37. The van der Waals surface area contributed by atoms with Crippen LogP contribution in [-0.4, -0.2) is 17.7 Å². The Balaban J connectivity index is 1.46. The molecule has 2 heterocycles. The van der Waals surface area contributed by atoms with Gasteiger partial charge in [-0.1, -0.05) is 48.5 Å². The lowest BCUT2D eigenvalue weighted by Crippen LogP contribution is -2.29. The number of rotatable bonds is 5. The summed E-state index contributed by atoms with van der Waals surface area (Å²) in [5.41, 5.74) is 2.98. The third-order valence-electron chi connectivity index (χ3n) is 5.38. The number of benzene rings is 3. The monoisotopic (exact) mass is 422 g/mol. The molecule has 1 aliphatic heterocycles. The Kier molecular flexibility index (Phi) is 4.88. The SMILES string of the molecule is O=C(NCc1ccco1)c1ccc2c(c1)C(=O)N(c1ccccc1-c1ccccc1)C2=O. The lowest BCUT2D eigenvalue weighted by atomic mass is 10.0. The molecule has 6 nitrogen and oxygen atoms in total. The van der Waals surface area contributed by atoms with Crippen molar-refractivity contribution in [1.29, 1.82) is 0 Å². The van der Waals surface area contributed by atoms with Crippen molar-refractivity contribution in [3.05, 3.63) is 114 Å². The fourth-order valence-electron chi connectivity index (χ4n) is 3.81. The molecule has 0 saturated carbocycles. The first-order valence-corrected chi connectivity index (χ1v) is 10.1. The van der Waals surface area contributed by atoms with E-state index in [4.69, 9.17) is 4.42 Å². The van der Waals surface area contributed by atoms with E-state index < -0.39 is 11.8 Å². The van der Waals surface area contributed by atoms with Crippen molar-refractivity contribution in [2.45, 2.75) is 6.54 Å². The summed E-state index contributed by atoms with van der Waals surface area (Å²) in [5, 5.41) is 2.75. The number of amides is 3. The maximum atomic E-state index is 13.3. The smallest absolute Gasteiger partial charge is 0.266 e. The molecule has 0 atom stereocenters. The van der Waals surface area contributed by atoms with E-state index in [0.29, 0.717) is 17.0 Å². The van der Waals surface area contributed by atoms with E-state index in [1.807, 2.05) is 42.5 Å². The largest absolute Gasteiger partial charge is 0.467 e. The highest BCUT2D eigenvalue weighted by atomic mass is 16.3. The van der Waals surface area contributed by atoms with Crippen LogP contribution in [0.1, 0.15) is 36.8 Å². The number of carbonyl (C=O) groups excluding carboxylic acids is 3. The van der Waals surface area contributed by atoms with E-state index in [-0.39, 0.29) is 23.6 Å². The third-order valence-corrected chi connectivity index (χ3v) is 5.38. The maximum Gasteiger partial charge on any atom is 0.266 e. The Bertz CT molecular complexity index is 1330. The van der Waals surface area contributed by atoms with Crippen LogP contribution in [0.15, 0.2) is 95.6 Å². The van der Waals surface area contributed by atoms with Gasteiger partial charge in [0.25, 0.3) is 17.7 Å². The van der Waals surface area contributed by atoms with E-state index in [2.05, 4.69) is 5.32 Å². The molecule has 156 valence electrons. The number of hydrogen-bond acceptors (Lipinski definition) is 4. The number of furan rings is 1. The first kappa shape index (κ1) is 19.5. The Labute approximate surface area is 184 Å². The number of anilines is 1. The predicted molar refractivity (Wildman–Crippen MR) is 119 cm³/mol. The zero-order chi connectivity index (χ0) is 22.1. The second kappa shape index (κ2) is 8.00. The van der Waals surface area contributed by atoms with E-state index in [1.165, 1.54) is 23.3 Å². The number of nitrogens with zero attached hydrogens (tertiary/aromatic N) is 1. The molecule has 0 radical (unpaired) electrons. The highest BCUT2D eigenvalue weighted by Crippen LogP contribution is 2.36. The highest BCUT2D eigenvalue weighted by molar-refractivity contribution is 6.35. The van der Waals surface area contributed by atoms with Gasteiger partial charge < -0.3 is 9.73 Å². The summed E-state index contributed by atoms with van der Waals surface area (Å²) in [6, 6.07) is 24.9. The average molecular weight is 422 g/mol. The van der Waals surface area contributed by atoms with Crippen molar-refractivity contribution < 1.29 is 18.8 Å². The zero-order valence-corrected chi connectivity index (χ0v) is 16.9. The normalized spacial score (nSPS) is 12.7. The summed E-state index contributed by atoms with van der Waals surface area (Å²) in [6.45, 7) is 0.229. The van der Waals surface area contributed by atoms with Gasteiger partial charge >= 0.3 is 0 Å². The van der Waals surface area contributed by atoms with Gasteiger partial charge in [0.2, 0.25) is 0 Å². The molecule has 6 heteroatoms. The summed E-state index contributed by atoms with van der Waals surface area (Å²) < 4.78 is 5.22. The van der Waals surface area contributed by atoms with Crippen LogP contribution in [0, 0.1) is 0 Å². The number of nitrogens with one attached hydrogen (secondary N) is 1. The lowest BCUT2D eigenvalue weighted by molar-refractivity contribution is 0.0923. The summed E-state index contributed by atoms with van der Waals surface area (Å²) >= 11 is 0. The summed E-state index contributed by atoms with van der Waals surface area (Å²) in [7, 11) is 0. The van der Waals surface area contributed by atoms with Gasteiger partial charge in [0, 0.05) is 11.1 Å². The fourth-order valence-corrected chi connectivity index (χ4v) is 3.81. The molecule has 0 fully saturated rings. The molecule has 0 saturated heterocycles. The zero-order valence-electron chi connectivity index (χ0n) is 16.9. The number of imide groups is 1. The van der Waals surface area contributed by atoms with Gasteiger partial charge in [-0.25, -0.2) is 4.90 Å². The van der Waals surface area contributed by atoms with Gasteiger partial charge in [-0.15, -0.1) is 0 Å². The summed E-state index contributed by atoms with van der Waals surface area (Å²) in [4.78, 5) is 40.1. The molecule has 1 aromatic heterocycles. The Morgan fingerprint density at radius 1 is 0.781 bits per heavy atom. The second-order valence-corrected chi connectivity index (χ2v) is 7.35. The van der Waals surface area contributed by atoms with Gasteiger partial charge in [-0.2, -0.15) is 0 Å². The maximum absolute atomic E-state index is 13.3. The molecule has 3 amide bonds. The van der Waals surface area contributed by atoms with Crippen LogP contribution in [0.3, 0.4) is 0 Å². The molecule has 32 heavy (non-hydrogen) atoms. The Morgan fingerprint density at radius 3 is 2.31 bits per heavy atom. The van der Waals surface area contributed by atoms with Crippen LogP contribution in [0.2, 0.25) is 0 Å². The predicted octanol–water partition coefficient (Wildman–Crippen LogP) is 4.68. The quantitative estimate of drug-likeness (QED) is 0.474. The van der Waals surface area contributed by atoms with Crippen molar-refractivity contribution in [2.24, 2.45) is 0 Å². The molecular weight excluding hydrogens is 404 g/mol. The van der Waals surface area contributed by atoms with Gasteiger partial charge in [0.05, 0.1) is 29.6 Å². The van der Waals surface area contributed by atoms with Crippen LogP contribution in [-0.2, 0) is 6.54 Å². The fraction of sp³-hybridized carbons (Fsp3) is 0.0385. The summed E-state index contributed by atoms with van der Waals surface area (Å²) in [5.74, 6) is -0.591. The molecule has 1 N–H and O–H groups in total. The average Bonchev–Trinajstić information content (AvgIpc) is 3.44. The van der Waals surface area contributed by atoms with E-state index in [1.54, 1.807) is 30.3 Å². The van der Waals surface area contributed by atoms with Crippen molar-refractivity contribution >= 4 is 23.4 Å². The minimum absolute atomic E-state index is 0.212. The second-order valence-electron chi connectivity index (χ2n) is 7.35. The highest BCUT2D eigenvalue weighted by Gasteiger charge is 2.38. The van der Waals surface area contributed by atoms with Crippen molar-refractivity contribution in [3.8, 4) is 11.1 Å². The summed E-state index contributed by atoms with van der Waals surface area (Å²) in [6.07, 6.45) is 1.53. The first-order chi connectivity index (χ1) is 15.6. The minimum Gasteiger partial charge on any atom is -0.467 e. The topological polar surface area (TPSA) is 79.6 Å². The molecule has 3 aromatic carbocycles. The van der Waals surface area contributed by atoms with Crippen molar-refractivity contribution in [3.63, 3.8) is 0 Å². The van der Waals surface area contributed by atoms with Crippen molar-refractivity contribution in [2.75, 3.05) is 4.90 Å². The minimum atomic E-state index is -0.450. The number of hydrogen-bond donors (Lipinski definition) is 1. The van der Waals surface area contributed by atoms with Crippen LogP contribution in [0.25, 0.3) is 11.1 Å². The van der Waals surface area contributed by atoms with Gasteiger partial charge in [-0.3, -0.25) is 14.4 Å². The van der Waals surface area contributed by atoms with E-state index in [0.717, 1.165) is 11.1 Å². The van der Waals surface area contributed by atoms with Crippen LogP contribution in [0.4, 0.5) is 5.69 Å². The molecular formula is C26H18N2O4. The molecule has 0 bridgehead atoms.